The fraction of sp³-hybridized carbons (Fsp3) is 0.381. The van der Waals surface area contributed by atoms with Crippen molar-refractivity contribution in [3.63, 3.8) is 0 Å². The summed E-state index contributed by atoms with van der Waals surface area (Å²) in [6.45, 7) is 8.96. The average molecular weight is 414 g/mol. The van der Waals surface area contributed by atoms with Crippen molar-refractivity contribution in [2.45, 2.75) is 26.2 Å². The number of rotatable bonds is 8. The lowest BCUT2D eigenvalue weighted by Crippen LogP contribution is -2.45. The fourth-order valence-corrected chi connectivity index (χ4v) is 4.19. The highest BCUT2D eigenvalue weighted by atomic mass is 32.2. The highest BCUT2D eigenvalue weighted by Crippen LogP contribution is 2.34. The standard InChI is InChI=1S/C21H27N5O2S/c1-5-15-29-20-23-18-19(25(7-3)21(27)24(18)6-2)26(20)22-14-10-12-16-11-8-9-13-17(16)28-4/h5,8-14,18-19H,1,6-7,15H2,2-4H3/b12-10+,22-14+. The molecule has 0 aliphatic carbocycles. The molecule has 2 aliphatic heterocycles. The minimum Gasteiger partial charge on any atom is -0.496 e. The molecule has 1 saturated heterocycles. The Morgan fingerprint density at radius 3 is 2.72 bits per heavy atom. The van der Waals surface area contributed by atoms with E-state index in [0.717, 1.165) is 22.2 Å². The quantitative estimate of drug-likeness (QED) is 0.481. The van der Waals surface area contributed by atoms with E-state index < -0.39 is 0 Å². The Labute approximate surface area is 176 Å². The lowest BCUT2D eigenvalue weighted by atomic mass is 10.2. The van der Waals surface area contributed by atoms with Crippen LogP contribution >= 0.6 is 11.8 Å². The molecule has 1 aromatic rings. The molecule has 0 bridgehead atoms. The van der Waals surface area contributed by atoms with E-state index in [9.17, 15) is 4.79 Å². The number of para-hydroxylation sites is 1. The molecular weight excluding hydrogens is 386 g/mol. The number of likely N-dealkylation sites (N-methyl/N-ethyl adjacent to an activating group) is 2. The molecule has 0 aromatic heterocycles. The maximum Gasteiger partial charge on any atom is 0.323 e. The highest BCUT2D eigenvalue weighted by Gasteiger charge is 2.52. The summed E-state index contributed by atoms with van der Waals surface area (Å²) in [6.07, 6.45) is 6.91. The Morgan fingerprint density at radius 1 is 1.28 bits per heavy atom. The molecule has 0 N–H and O–H groups in total. The van der Waals surface area contributed by atoms with Crippen LogP contribution in [0.3, 0.4) is 0 Å². The van der Waals surface area contributed by atoms with Gasteiger partial charge < -0.3 is 4.74 Å². The number of amidine groups is 1. The number of aliphatic imine (C=N–C) groups is 1. The number of ether oxygens (including phenoxy) is 1. The SMILES string of the molecule is C=CCSC1=NC2C(N(CC)C(=O)N2CC)N1/N=C/C=C/c1ccccc1OC. The van der Waals surface area contributed by atoms with Crippen LogP contribution in [-0.2, 0) is 0 Å². The van der Waals surface area contributed by atoms with Crippen LogP contribution < -0.4 is 4.74 Å². The van der Waals surface area contributed by atoms with Gasteiger partial charge in [0.2, 0.25) is 0 Å². The van der Waals surface area contributed by atoms with Gasteiger partial charge in [0.05, 0.1) is 7.11 Å². The molecular formula is C21H27N5O2S. The highest BCUT2D eigenvalue weighted by molar-refractivity contribution is 8.13. The summed E-state index contributed by atoms with van der Waals surface area (Å²) in [7, 11) is 1.65. The second-order valence-electron chi connectivity index (χ2n) is 6.40. The van der Waals surface area contributed by atoms with Crippen LogP contribution in [0.25, 0.3) is 6.08 Å². The van der Waals surface area contributed by atoms with Gasteiger partial charge in [-0.2, -0.15) is 5.10 Å². The zero-order valence-corrected chi connectivity index (χ0v) is 17.9. The van der Waals surface area contributed by atoms with Crippen molar-refractivity contribution in [1.82, 2.24) is 14.8 Å². The first-order valence-corrected chi connectivity index (χ1v) is 10.7. The number of carbonyl (C=O) groups excluding carboxylic acids is 1. The molecule has 8 heteroatoms. The van der Waals surface area contributed by atoms with Crippen molar-refractivity contribution in [2.24, 2.45) is 10.1 Å². The molecule has 1 fully saturated rings. The van der Waals surface area contributed by atoms with Gasteiger partial charge in [-0.15, -0.1) is 6.58 Å². The monoisotopic (exact) mass is 413 g/mol. The van der Waals surface area contributed by atoms with E-state index in [1.165, 1.54) is 0 Å². The number of benzene rings is 1. The number of carbonyl (C=O) groups is 1. The topological polar surface area (TPSA) is 60.7 Å². The van der Waals surface area contributed by atoms with Crippen LogP contribution in [-0.4, -0.2) is 70.5 Å². The van der Waals surface area contributed by atoms with Crippen LogP contribution in [0.4, 0.5) is 4.79 Å². The van der Waals surface area contributed by atoms with Crippen LogP contribution in [0.15, 0.2) is 53.1 Å². The molecule has 2 amide bonds. The van der Waals surface area contributed by atoms with E-state index in [4.69, 9.17) is 9.73 Å². The fourth-order valence-electron chi connectivity index (χ4n) is 3.45. The summed E-state index contributed by atoms with van der Waals surface area (Å²) in [5.41, 5.74) is 0.971. The summed E-state index contributed by atoms with van der Waals surface area (Å²) in [6, 6.07) is 7.80. The number of thioether (sulfide) groups is 1. The first-order valence-electron chi connectivity index (χ1n) is 9.67. The van der Waals surface area contributed by atoms with Crippen LogP contribution in [0, 0.1) is 0 Å². The molecule has 2 heterocycles. The Bertz CT molecular complexity index is 838. The summed E-state index contributed by atoms with van der Waals surface area (Å²) < 4.78 is 5.37. The van der Waals surface area contributed by atoms with E-state index >= 15 is 0 Å². The van der Waals surface area contributed by atoms with Gasteiger partial charge in [0.15, 0.2) is 17.5 Å². The summed E-state index contributed by atoms with van der Waals surface area (Å²) in [4.78, 5) is 21.1. The molecule has 2 atom stereocenters. The second-order valence-corrected chi connectivity index (χ2v) is 7.39. The number of amides is 2. The maximum atomic E-state index is 12.7. The third kappa shape index (κ3) is 4.17. The smallest absolute Gasteiger partial charge is 0.323 e. The first-order chi connectivity index (χ1) is 14.2. The van der Waals surface area contributed by atoms with Crippen LogP contribution in [0.5, 0.6) is 5.75 Å². The summed E-state index contributed by atoms with van der Waals surface area (Å²) in [5, 5.41) is 7.29. The number of fused-ring (bicyclic) bond motifs is 1. The van der Waals surface area contributed by atoms with Crippen molar-refractivity contribution in [3.05, 3.63) is 48.6 Å². The molecule has 2 unspecified atom stereocenters. The average Bonchev–Trinajstić information content (AvgIpc) is 3.21. The van der Waals surface area contributed by atoms with E-state index in [1.54, 1.807) is 30.0 Å². The number of hydrazone groups is 1. The van der Waals surface area contributed by atoms with Crippen molar-refractivity contribution in [3.8, 4) is 5.75 Å². The van der Waals surface area contributed by atoms with Gasteiger partial charge >= 0.3 is 6.03 Å². The predicted molar refractivity (Wildman–Crippen MR) is 120 cm³/mol. The lowest BCUT2D eigenvalue weighted by molar-refractivity contribution is 0.155. The van der Waals surface area contributed by atoms with Gasteiger partial charge in [-0.1, -0.05) is 36.0 Å². The molecule has 154 valence electrons. The van der Waals surface area contributed by atoms with Gasteiger partial charge in [-0.25, -0.2) is 14.8 Å². The molecule has 0 radical (unpaired) electrons. The van der Waals surface area contributed by atoms with Gasteiger partial charge in [0.1, 0.15) is 5.75 Å². The molecule has 3 rings (SSSR count). The second kappa shape index (κ2) is 9.65. The van der Waals surface area contributed by atoms with Crippen molar-refractivity contribution in [2.75, 3.05) is 26.0 Å². The Balaban J connectivity index is 1.83. The molecule has 29 heavy (non-hydrogen) atoms. The number of hydrogen-bond donors (Lipinski definition) is 0. The number of hydrogen-bond acceptors (Lipinski definition) is 6. The Kier molecular flexibility index (Phi) is 6.98. The van der Waals surface area contributed by atoms with Gasteiger partial charge in [-0.05, 0) is 32.1 Å². The van der Waals surface area contributed by atoms with Crippen molar-refractivity contribution < 1.29 is 9.53 Å². The molecule has 1 aromatic carbocycles. The summed E-state index contributed by atoms with van der Waals surface area (Å²) >= 11 is 1.57. The number of methoxy groups -OCH3 is 1. The minimum atomic E-state index is -0.241. The Morgan fingerprint density at radius 2 is 2.03 bits per heavy atom. The third-order valence-corrected chi connectivity index (χ3v) is 5.74. The third-order valence-electron chi connectivity index (χ3n) is 4.79. The summed E-state index contributed by atoms with van der Waals surface area (Å²) in [5.74, 6) is 1.53. The number of allylic oxidation sites excluding steroid dienone is 1. The zero-order valence-electron chi connectivity index (χ0n) is 17.1. The van der Waals surface area contributed by atoms with E-state index in [-0.39, 0.29) is 18.4 Å². The Hall–Kier alpha value is -2.74. The lowest BCUT2D eigenvalue weighted by Gasteiger charge is -2.27. The van der Waals surface area contributed by atoms with E-state index in [1.807, 2.05) is 66.2 Å². The first kappa shape index (κ1) is 21.0. The zero-order chi connectivity index (χ0) is 20.8. The van der Waals surface area contributed by atoms with E-state index in [2.05, 4.69) is 11.7 Å². The van der Waals surface area contributed by atoms with Gasteiger partial charge in [0.25, 0.3) is 0 Å². The van der Waals surface area contributed by atoms with Crippen LogP contribution in [0.2, 0.25) is 0 Å². The number of nitrogens with zero attached hydrogens (tertiary/aromatic N) is 5. The number of urea groups is 1. The van der Waals surface area contributed by atoms with E-state index in [0.29, 0.717) is 13.1 Å². The maximum absolute atomic E-state index is 12.7. The molecule has 0 spiro atoms. The van der Waals surface area contributed by atoms with Crippen molar-refractivity contribution in [1.29, 1.82) is 0 Å². The molecule has 0 saturated carbocycles. The van der Waals surface area contributed by atoms with Gasteiger partial charge in [0, 0.05) is 30.6 Å². The predicted octanol–water partition coefficient (Wildman–Crippen LogP) is 3.71. The van der Waals surface area contributed by atoms with Crippen LogP contribution in [0.1, 0.15) is 19.4 Å². The minimum absolute atomic E-state index is 0.00582. The normalized spacial score (nSPS) is 21.4. The van der Waals surface area contributed by atoms with Gasteiger partial charge in [-0.3, -0.25) is 9.80 Å². The largest absolute Gasteiger partial charge is 0.496 e. The van der Waals surface area contributed by atoms with Crippen molar-refractivity contribution >= 4 is 35.3 Å². The molecule has 7 nitrogen and oxygen atoms in total. The molecule has 2 aliphatic rings.